The molecule has 1 atom stereocenters. The first-order valence-corrected chi connectivity index (χ1v) is 7.65. The number of aliphatic hydroxyl groups excluding tert-OH is 2. The van der Waals surface area contributed by atoms with Crippen LogP contribution in [0.1, 0.15) is 12.8 Å². The van der Waals surface area contributed by atoms with Crippen LogP contribution in [0, 0.1) is 10.1 Å². The first-order chi connectivity index (χ1) is 11.2. The predicted octanol–water partition coefficient (Wildman–Crippen LogP) is 0.944. The van der Waals surface area contributed by atoms with Crippen LogP contribution in [0.25, 0.3) is 0 Å². The summed E-state index contributed by atoms with van der Waals surface area (Å²) in [5.74, 6) is 0.196. The quantitative estimate of drug-likeness (QED) is 0.514. The molecule has 0 aliphatic carbocycles. The van der Waals surface area contributed by atoms with Crippen LogP contribution in [0.3, 0.4) is 0 Å². The largest absolute Gasteiger partial charge is 0.484 e. The van der Waals surface area contributed by atoms with Gasteiger partial charge >= 0.3 is 5.69 Å². The Bertz CT molecular complexity index is 513. The molecule has 1 aromatic carbocycles. The van der Waals surface area contributed by atoms with Gasteiger partial charge in [0, 0.05) is 31.5 Å². The molecule has 23 heavy (non-hydrogen) atoms. The van der Waals surface area contributed by atoms with Gasteiger partial charge in [0.25, 0.3) is 0 Å². The maximum absolute atomic E-state index is 11.3. The molecular weight excluding hydrogens is 304 g/mol. The van der Waals surface area contributed by atoms with Gasteiger partial charge in [-0.1, -0.05) is 0 Å². The highest BCUT2D eigenvalue weighted by molar-refractivity contribution is 5.59. The van der Waals surface area contributed by atoms with Crippen LogP contribution in [-0.2, 0) is 4.74 Å². The van der Waals surface area contributed by atoms with Gasteiger partial charge in [0.05, 0.1) is 24.2 Å². The summed E-state index contributed by atoms with van der Waals surface area (Å²) in [7, 11) is 0. The van der Waals surface area contributed by atoms with Crippen LogP contribution in [0.5, 0.6) is 5.75 Å². The lowest BCUT2D eigenvalue weighted by atomic mass is 10.2. The first-order valence-electron chi connectivity index (χ1n) is 7.65. The van der Waals surface area contributed by atoms with E-state index in [9.17, 15) is 10.1 Å². The highest BCUT2D eigenvalue weighted by atomic mass is 16.6. The Balaban J connectivity index is 2.14. The fraction of sp³-hybridized carbons (Fsp3) is 0.600. The summed E-state index contributed by atoms with van der Waals surface area (Å²) in [6, 6.07) is 4.63. The number of hydrogen-bond donors (Lipinski definition) is 2. The number of aliphatic hydroxyl groups is 2. The van der Waals surface area contributed by atoms with Gasteiger partial charge in [-0.15, -0.1) is 0 Å². The summed E-state index contributed by atoms with van der Waals surface area (Å²) in [6.07, 6.45) is 1.86. The van der Waals surface area contributed by atoms with E-state index in [0.717, 1.165) is 12.8 Å². The van der Waals surface area contributed by atoms with Crippen LogP contribution in [0.2, 0.25) is 0 Å². The molecule has 8 heteroatoms. The van der Waals surface area contributed by atoms with Crippen molar-refractivity contribution >= 4 is 11.4 Å². The Morgan fingerprint density at radius 1 is 1.35 bits per heavy atom. The Hall–Kier alpha value is -1.90. The smallest absolute Gasteiger partial charge is 0.312 e. The molecule has 1 fully saturated rings. The molecule has 0 bridgehead atoms. The molecule has 1 aliphatic heterocycles. The molecule has 2 rings (SSSR count). The van der Waals surface area contributed by atoms with Crippen molar-refractivity contribution in [2.45, 2.75) is 18.9 Å². The molecule has 1 unspecified atom stereocenters. The third kappa shape index (κ3) is 4.78. The summed E-state index contributed by atoms with van der Waals surface area (Å²) in [5.41, 5.74) is 0.422. The van der Waals surface area contributed by atoms with Crippen molar-refractivity contribution in [1.29, 1.82) is 0 Å². The molecule has 128 valence electrons. The van der Waals surface area contributed by atoms with Crippen molar-refractivity contribution in [3.63, 3.8) is 0 Å². The van der Waals surface area contributed by atoms with Crippen LogP contribution in [0.15, 0.2) is 18.2 Å². The molecule has 0 radical (unpaired) electrons. The molecule has 0 amide bonds. The van der Waals surface area contributed by atoms with Crippen molar-refractivity contribution in [2.75, 3.05) is 44.4 Å². The molecule has 0 saturated carbocycles. The van der Waals surface area contributed by atoms with Crippen molar-refractivity contribution in [3.05, 3.63) is 28.3 Å². The van der Waals surface area contributed by atoms with E-state index in [0.29, 0.717) is 12.3 Å². The van der Waals surface area contributed by atoms with Gasteiger partial charge in [-0.05, 0) is 25.0 Å². The molecule has 1 aromatic rings. The minimum absolute atomic E-state index is 0.0189. The van der Waals surface area contributed by atoms with Gasteiger partial charge in [0.2, 0.25) is 0 Å². The van der Waals surface area contributed by atoms with Crippen molar-refractivity contribution < 1.29 is 24.6 Å². The average Bonchev–Trinajstić information content (AvgIpc) is 3.06. The van der Waals surface area contributed by atoms with Gasteiger partial charge in [0.15, 0.2) is 5.75 Å². The SMILES string of the molecule is O=[N+]([O-])c1cc(N(CCO)CCO)ccc1OCC1CCCO1. The third-order valence-corrected chi connectivity index (χ3v) is 3.69. The highest BCUT2D eigenvalue weighted by Crippen LogP contribution is 2.32. The van der Waals surface area contributed by atoms with E-state index in [1.165, 1.54) is 6.07 Å². The summed E-state index contributed by atoms with van der Waals surface area (Å²) in [4.78, 5) is 12.5. The molecule has 2 N–H and O–H groups in total. The number of anilines is 1. The Morgan fingerprint density at radius 3 is 2.65 bits per heavy atom. The first kappa shape index (κ1) is 17.5. The fourth-order valence-corrected chi connectivity index (χ4v) is 2.54. The van der Waals surface area contributed by atoms with E-state index in [1.54, 1.807) is 17.0 Å². The number of nitrogens with zero attached hydrogens (tertiary/aromatic N) is 2. The zero-order valence-corrected chi connectivity index (χ0v) is 12.9. The molecule has 1 heterocycles. The monoisotopic (exact) mass is 326 g/mol. The Morgan fingerprint density at radius 2 is 2.09 bits per heavy atom. The van der Waals surface area contributed by atoms with E-state index in [2.05, 4.69) is 0 Å². The van der Waals surface area contributed by atoms with Crippen LogP contribution in [0.4, 0.5) is 11.4 Å². The fourth-order valence-electron chi connectivity index (χ4n) is 2.54. The summed E-state index contributed by atoms with van der Waals surface area (Å²) in [5, 5.41) is 29.4. The predicted molar refractivity (Wildman–Crippen MR) is 84.0 cm³/mol. The number of hydrogen-bond acceptors (Lipinski definition) is 7. The highest BCUT2D eigenvalue weighted by Gasteiger charge is 2.21. The standard InChI is InChI=1S/C15H22N2O6/c18-7-5-16(6-8-19)12-3-4-15(14(10-12)17(20)21)23-11-13-2-1-9-22-13/h3-4,10,13,18-19H,1-2,5-9,11H2. The second-order valence-electron chi connectivity index (χ2n) is 5.29. The van der Waals surface area contributed by atoms with Gasteiger partial charge in [-0.3, -0.25) is 10.1 Å². The molecule has 1 aliphatic rings. The van der Waals surface area contributed by atoms with E-state index in [-0.39, 0.29) is 50.5 Å². The molecule has 1 saturated heterocycles. The second-order valence-corrected chi connectivity index (χ2v) is 5.29. The average molecular weight is 326 g/mol. The van der Waals surface area contributed by atoms with E-state index >= 15 is 0 Å². The lowest BCUT2D eigenvalue weighted by Crippen LogP contribution is -2.29. The van der Waals surface area contributed by atoms with E-state index < -0.39 is 4.92 Å². The summed E-state index contributed by atoms with van der Waals surface area (Å²) < 4.78 is 11.0. The van der Waals surface area contributed by atoms with Crippen molar-refractivity contribution in [1.82, 2.24) is 0 Å². The van der Waals surface area contributed by atoms with Gasteiger partial charge in [0.1, 0.15) is 6.61 Å². The lowest BCUT2D eigenvalue weighted by molar-refractivity contribution is -0.385. The molecule has 0 aromatic heterocycles. The Kier molecular flexibility index (Phi) is 6.57. The molecule has 0 spiro atoms. The topological polar surface area (TPSA) is 105 Å². The van der Waals surface area contributed by atoms with Gasteiger partial charge < -0.3 is 24.6 Å². The second kappa shape index (κ2) is 8.66. The maximum Gasteiger partial charge on any atom is 0.312 e. The van der Waals surface area contributed by atoms with E-state index in [4.69, 9.17) is 19.7 Å². The summed E-state index contributed by atoms with van der Waals surface area (Å²) >= 11 is 0. The number of rotatable bonds is 9. The molecule has 8 nitrogen and oxygen atoms in total. The normalized spacial score (nSPS) is 17.2. The third-order valence-electron chi connectivity index (χ3n) is 3.69. The zero-order valence-electron chi connectivity index (χ0n) is 12.9. The number of ether oxygens (including phenoxy) is 2. The summed E-state index contributed by atoms with van der Waals surface area (Å²) in [6.45, 7) is 1.35. The number of nitro groups is 1. The van der Waals surface area contributed by atoms with Crippen molar-refractivity contribution in [2.24, 2.45) is 0 Å². The van der Waals surface area contributed by atoms with Crippen LogP contribution < -0.4 is 9.64 Å². The minimum atomic E-state index is -0.496. The van der Waals surface area contributed by atoms with E-state index in [1.807, 2.05) is 0 Å². The maximum atomic E-state index is 11.3. The van der Waals surface area contributed by atoms with Gasteiger partial charge in [-0.25, -0.2) is 0 Å². The van der Waals surface area contributed by atoms with Crippen LogP contribution >= 0.6 is 0 Å². The molecular formula is C15H22N2O6. The van der Waals surface area contributed by atoms with Crippen LogP contribution in [-0.4, -0.2) is 60.8 Å². The van der Waals surface area contributed by atoms with Crippen molar-refractivity contribution in [3.8, 4) is 5.75 Å². The number of nitro benzene ring substituents is 1. The number of benzene rings is 1. The minimum Gasteiger partial charge on any atom is -0.484 e. The lowest BCUT2D eigenvalue weighted by Gasteiger charge is -2.23. The van der Waals surface area contributed by atoms with Gasteiger partial charge in [-0.2, -0.15) is 0 Å². The zero-order chi connectivity index (χ0) is 16.7. The Labute approximate surface area is 134 Å².